The second kappa shape index (κ2) is 21.8. The predicted molar refractivity (Wildman–Crippen MR) is 244 cm³/mol. The quantitative estimate of drug-likeness (QED) is 0.0358. The Morgan fingerprint density at radius 3 is 2.11 bits per heavy atom. The summed E-state index contributed by atoms with van der Waals surface area (Å²) in [5.41, 5.74) is -5.50. The molecule has 3 amide bonds. The third-order valence-corrected chi connectivity index (χ3v) is 13.1. The monoisotopic (exact) mass is 1080 g/mol. The summed E-state index contributed by atoms with van der Waals surface area (Å²) in [6, 6.07) is 1.12. The number of carbonyl (C=O) groups is 4. The Bertz CT molecular complexity index is 2990. The molecule has 15 nitrogen and oxygen atoms in total. The summed E-state index contributed by atoms with van der Waals surface area (Å²) in [5.74, 6) is -6.67. The lowest BCUT2D eigenvalue weighted by Gasteiger charge is -2.23. The molecule has 3 heterocycles. The second-order valence-corrected chi connectivity index (χ2v) is 19.0. The van der Waals surface area contributed by atoms with Gasteiger partial charge in [-0.1, -0.05) is 37.4 Å². The highest BCUT2D eigenvalue weighted by atomic mass is 35.5. The first-order valence-electron chi connectivity index (χ1n) is 21.0. The van der Waals surface area contributed by atoms with Crippen LogP contribution in [0.3, 0.4) is 0 Å². The number of amides is 3. The highest BCUT2D eigenvalue weighted by Gasteiger charge is 2.50. The van der Waals surface area contributed by atoms with Gasteiger partial charge in [-0.2, -0.15) is 45.3 Å². The minimum atomic E-state index is -5.21. The number of carboxylic acid groups (broad SMARTS) is 2. The van der Waals surface area contributed by atoms with Gasteiger partial charge < -0.3 is 20.8 Å². The SMILES string of the molecule is CC.CSN(C(=O)NC(C(=O)O)C(=O)O)c1nn(CC(F)(F)F)c2c(-c3ccc(C#CC(C)(C)S(C)=O)nc3C(Cc3cc(F)cc(F)c3)NC(=O)Cn3nc(C(F)(F)F)c4c3C(F)(F)CC4)ccc(Cl)c12. The fraction of sp³-hybridized carbons (Fsp3) is 0.386. The Morgan fingerprint density at radius 1 is 0.944 bits per heavy atom. The van der Waals surface area contributed by atoms with Crippen LogP contribution in [0.1, 0.15) is 74.1 Å². The van der Waals surface area contributed by atoms with Crippen LogP contribution in [0, 0.1) is 23.5 Å². The second-order valence-electron chi connectivity index (χ2n) is 15.9. The number of carbonyl (C=O) groups excluding carboxylic acids is 2. The van der Waals surface area contributed by atoms with Gasteiger partial charge in [0.25, 0.3) is 5.92 Å². The van der Waals surface area contributed by atoms with Gasteiger partial charge in [-0.05, 0) is 80.5 Å². The van der Waals surface area contributed by atoms with E-state index in [0.717, 1.165) is 24.3 Å². The normalized spacial score (nSPS) is 14.1. The van der Waals surface area contributed by atoms with Crippen LogP contribution in [-0.2, 0) is 63.2 Å². The van der Waals surface area contributed by atoms with E-state index in [1.54, 1.807) is 5.32 Å². The van der Waals surface area contributed by atoms with E-state index in [0.29, 0.717) is 27.0 Å². The van der Waals surface area contributed by atoms with E-state index in [2.05, 4.69) is 32.3 Å². The molecule has 388 valence electrons. The van der Waals surface area contributed by atoms with Crippen molar-refractivity contribution >= 4 is 74.9 Å². The number of urea groups is 1. The van der Waals surface area contributed by atoms with Crippen molar-refractivity contribution in [2.24, 2.45) is 0 Å². The first-order chi connectivity index (χ1) is 33.4. The summed E-state index contributed by atoms with van der Waals surface area (Å²) in [4.78, 5) is 55.4. The maximum Gasteiger partial charge on any atom is 0.435 e. The number of alkyl halides is 8. The Labute approximate surface area is 414 Å². The molecule has 0 fully saturated rings. The van der Waals surface area contributed by atoms with Gasteiger partial charge in [-0.3, -0.25) is 18.4 Å². The molecule has 0 saturated carbocycles. The van der Waals surface area contributed by atoms with Crippen molar-refractivity contribution in [3.63, 3.8) is 0 Å². The minimum Gasteiger partial charge on any atom is -0.479 e. The molecule has 6 rings (SSSR count). The van der Waals surface area contributed by atoms with Crippen LogP contribution in [0.15, 0.2) is 42.5 Å². The molecule has 2 atom stereocenters. The molecule has 0 saturated heterocycles. The van der Waals surface area contributed by atoms with E-state index in [9.17, 15) is 68.7 Å². The van der Waals surface area contributed by atoms with E-state index in [4.69, 9.17) is 11.6 Å². The Kier molecular flexibility index (Phi) is 17.1. The lowest BCUT2D eigenvalue weighted by atomic mass is 9.93. The van der Waals surface area contributed by atoms with Crippen LogP contribution in [-0.4, -0.2) is 92.3 Å². The number of carboxylic acids is 2. The van der Waals surface area contributed by atoms with E-state index < -0.39 is 147 Å². The molecular formula is C44H41ClF10N8O7S2. The maximum atomic E-state index is 15.1. The van der Waals surface area contributed by atoms with Crippen molar-refractivity contribution in [3.8, 4) is 23.0 Å². The van der Waals surface area contributed by atoms with Gasteiger partial charge in [0, 0.05) is 52.5 Å². The lowest BCUT2D eigenvalue weighted by molar-refractivity contribution is -0.150. The molecular weight excluding hydrogens is 1040 g/mol. The van der Waals surface area contributed by atoms with Crippen LogP contribution in [0.5, 0.6) is 0 Å². The number of nitrogens with one attached hydrogen (secondary N) is 2. The van der Waals surface area contributed by atoms with Gasteiger partial charge in [-0.25, -0.2) is 32.5 Å². The van der Waals surface area contributed by atoms with Gasteiger partial charge in [0.1, 0.15) is 40.9 Å². The van der Waals surface area contributed by atoms with Crippen molar-refractivity contribution < 1.29 is 77.5 Å². The number of rotatable bonds is 14. The number of nitrogens with zero attached hydrogens (tertiary/aromatic N) is 6. The average Bonchev–Trinajstić information content (AvgIpc) is 3.93. The van der Waals surface area contributed by atoms with Crippen molar-refractivity contribution in [1.82, 2.24) is 35.2 Å². The topological polar surface area (TPSA) is 202 Å². The standard InChI is InChI=1S/C42H35ClF10N8O7S2.C2H6/c1-39(2,70(4)68)11-9-22-5-6-23(24-7-8-26(43)29-32(24)60(18-41(48,49)50)58-35(29)61(69-3)38(67)56-31(36(63)64)37(65)66)30(54-22)27(15-19-13-20(44)16-21(45)14-19)55-28(62)17-59-34-25(10-12-40(34,46)47)33(57-59)42(51,52)53;1-2/h5-8,13-14,16,27,31H,10,12,15,17-18H2,1-4H3,(H,55,62)(H,56,67)(H,63,64)(H,65,66);1-2H3. The van der Waals surface area contributed by atoms with E-state index in [-0.39, 0.29) is 37.8 Å². The van der Waals surface area contributed by atoms with Crippen LogP contribution in [0.4, 0.5) is 54.5 Å². The molecule has 3 aromatic heterocycles. The molecule has 1 aliphatic rings. The fourth-order valence-electron chi connectivity index (χ4n) is 7.35. The van der Waals surface area contributed by atoms with Gasteiger partial charge in [-0.15, -0.1) is 0 Å². The zero-order chi connectivity index (χ0) is 54.0. The molecule has 2 aromatic carbocycles. The first kappa shape index (κ1) is 56.5. The maximum absolute atomic E-state index is 15.1. The molecule has 0 bridgehead atoms. The molecule has 28 heteroatoms. The number of benzene rings is 2. The molecule has 0 aliphatic heterocycles. The molecule has 0 radical (unpaired) electrons. The summed E-state index contributed by atoms with van der Waals surface area (Å²) in [6.45, 7) is 3.82. The smallest absolute Gasteiger partial charge is 0.435 e. The number of pyridine rings is 1. The molecule has 0 spiro atoms. The number of aliphatic carboxylic acids is 2. The molecule has 2 unspecified atom stereocenters. The van der Waals surface area contributed by atoms with Crippen molar-refractivity contribution in [1.29, 1.82) is 0 Å². The van der Waals surface area contributed by atoms with Crippen LogP contribution < -0.4 is 14.9 Å². The van der Waals surface area contributed by atoms with Crippen molar-refractivity contribution in [2.45, 2.75) is 95.2 Å². The zero-order valence-corrected chi connectivity index (χ0v) is 40.7. The molecule has 1 aliphatic carbocycles. The van der Waals surface area contributed by atoms with Crippen LogP contribution in [0.2, 0.25) is 5.02 Å². The summed E-state index contributed by atoms with van der Waals surface area (Å²) >= 11 is 7.06. The molecule has 5 aromatic rings. The Hall–Kier alpha value is -6.40. The van der Waals surface area contributed by atoms with Crippen molar-refractivity contribution in [3.05, 3.63) is 93.0 Å². The van der Waals surface area contributed by atoms with Crippen molar-refractivity contribution in [2.75, 3.05) is 16.8 Å². The summed E-state index contributed by atoms with van der Waals surface area (Å²) in [5, 5.41) is 29.5. The van der Waals surface area contributed by atoms with Gasteiger partial charge >= 0.3 is 30.3 Å². The average molecular weight is 1080 g/mol. The zero-order valence-electron chi connectivity index (χ0n) is 38.3. The summed E-state index contributed by atoms with van der Waals surface area (Å²) in [6.07, 6.45) is -10.2. The fourth-order valence-corrected chi connectivity index (χ4v) is 8.30. The van der Waals surface area contributed by atoms with Crippen LogP contribution in [0.25, 0.3) is 22.0 Å². The highest BCUT2D eigenvalue weighted by Crippen LogP contribution is 2.47. The third kappa shape index (κ3) is 12.6. The highest BCUT2D eigenvalue weighted by molar-refractivity contribution is 8.00. The van der Waals surface area contributed by atoms with Gasteiger partial charge in [0.05, 0.1) is 27.7 Å². The third-order valence-electron chi connectivity index (χ3n) is 10.6. The van der Waals surface area contributed by atoms with E-state index in [1.165, 1.54) is 38.5 Å². The largest absolute Gasteiger partial charge is 0.479 e. The van der Waals surface area contributed by atoms with Gasteiger partial charge in [0.2, 0.25) is 11.9 Å². The Balaban J connectivity index is 0.00000475. The Morgan fingerprint density at radius 2 is 1.56 bits per heavy atom. The first-order valence-corrected chi connectivity index (χ1v) is 24.1. The molecule has 4 N–H and O–H groups in total. The number of aromatic nitrogens is 5. The predicted octanol–water partition coefficient (Wildman–Crippen LogP) is 8.81. The van der Waals surface area contributed by atoms with Crippen LogP contribution >= 0.6 is 23.5 Å². The molecule has 72 heavy (non-hydrogen) atoms. The number of fused-ring (bicyclic) bond motifs is 2. The van der Waals surface area contributed by atoms with Gasteiger partial charge in [0.15, 0.2) is 11.5 Å². The number of hydrogen-bond donors (Lipinski definition) is 4. The lowest BCUT2D eigenvalue weighted by Crippen LogP contribution is -2.50. The van der Waals surface area contributed by atoms with E-state index in [1.807, 2.05) is 13.8 Å². The number of anilines is 1. The summed E-state index contributed by atoms with van der Waals surface area (Å²) in [7, 11) is -1.58. The number of halogens is 11. The summed E-state index contributed by atoms with van der Waals surface area (Å²) < 4.78 is 157. The number of hydrogen-bond acceptors (Lipinski definition) is 9. The van der Waals surface area contributed by atoms with E-state index >= 15 is 8.78 Å². The minimum absolute atomic E-state index is 0.172.